The van der Waals surface area contributed by atoms with Crippen LogP contribution in [0.3, 0.4) is 0 Å². The van der Waals surface area contributed by atoms with E-state index in [2.05, 4.69) is 29.6 Å². The van der Waals surface area contributed by atoms with Crippen LogP contribution in [0.25, 0.3) is 11.1 Å². The van der Waals surface area contributed by atoms with Crippen LogP contribution in [0.1, 0.15) is 68.4 Å². The SMILES string of the molecule is O=C(NC1(CC(=O)N2CCCCCC2C(=O)O)CCC1)OCC1c2ccccc2-c2ccccc21. The summed E-state index contributed by atoms with van der Waals surface area (Å²) in [4.78, 5) is 39.3. The molecule has 2 aromatic carbocycles. The van der Waals surface area contributed by atoms with Gasteiger partial charge < -0.3 is 20.1 Å². The third-order valence-corrected chi connectivity index (χ3v) is 7.87. The molecule has 2 amide bonds. The lowest BCUT2D eigenvalue weighted by Gasteiger charge is -2.43. The van der Waals surface area contributed by atoms with Gasteiger partial charge in [-0.05, 0) is 54.4 Å². The zero-order valence-electron chi connectivity index (χ0n) is 19.9. The predicted octanol–water partition coefficient (Wildman–Crippen LogP) is 4.69. The van der Waals surface area contributed by atoms with Crippen LogP contribution < -0.4 is 5.32 Å². The van der Waals surface area contributed by atoms with E-state index in [0.717, 1.165) is 36.8 Å². The fourth-order valence-corrected chi connectivity index (χ4v) is 5.86. The molecule has 7 heteroatoms. The van der Waals surface area contributed by atoms with Crippen LogP contribution in [0.2, 0.25) is 0 Å². The Labute approximate surface area is 205 Å². The summed E-state index contributed by atoms with van der Waals surface area (Å²) in [5.41, 5.74) is 3.98. The molecule has 1 saturated heterocycles. The number of amides is 2. The maximum absolute atomic E-state index is 13.2. The van der Waals surface area contributed by atoms with Crippen molar-refractivity contribution >= 4 is 18.0 Å². The number of carbonyl (C=O) groups excluding carboxylic acids is 2. The summed E-state index contributed by atoms with van der Waals surface area (Å²) in [6.07, 6.45) is 4.91. The second-order valence-electron chi connectivity index (χ2n) is 10.1. The molecule has 1 heterocycles. The average Bonchev–Trinajstić information content (AvgIpc) is 2.96. The molecule has 3 aliphatic rings. The first-order valence-corrected chi connectivity index (χ1v) is 12.6. The van der Waals surface area contributed by atoms with Gasteiger partial charge in [-0.25, -0.2) is 9.59 Å². The van der Waals surface area contributed by atoms with Gasteiger partial charge >= 0.3 is 12.1 Å². The first-order valence-electron chi connectivity index (χ1n) is 12.6. The van der Waals surface area contributed by atoms with Gasteiger partial charge in [0.05, 0.1) is 12.0 Å². The summed E-state index contributed by atoms with van der Waals surface area (Å²) < 4.78 is 5.71. The molecule has 184 valence electrons. The first kappa shape index (κ1) is 23.4. The number of hydrogen-bond acceptors (Lipinski definition) is 4. The van der Waals surface area contributed by atoms with E-state index in [1.54, 1.807) is 0 Å². The number of fused-ring (bicyclic) bond motifs is 3. The molecular weight excluding hydrogens is 444 g/mol. The highest BCUT2D eigenvalue weighted by Crippen LogP contribution is 2.44. The maximum atomic E-state index is 13.2. The lowest BCUT2D eigenvalue weighted by atomic mass is 9.74. The number of hydrogen-bond donors (Lipinski definition) is 2. The van der Waals surface area contributed by atoms with E-state index in [1.807, 2.05) is 24.3 Å². The van der Waals surface area contributed by atoms with Gasteiger partial charge in [0.25, 0.3) is 0 Å². The molecule has 35 heavy (non-hydrogen) atoms. The number of rotatable bonds is 6. The third kappa shape index (κ3) is 4.64. The molecule has 0 aromatic heterocycles. The predicted molar refractivity (Wildman–Crippen MR) is 131 cm³/mol. The zero-order chi connectivity index (χ0) is 24.4. The van der Waals surface area contributed by atoms with Gasteiger partial charge in [-0.15, -0.1) is 0 Å². The van der Waals surface area contributed by atoms with Crippen LogP contribution in [0.4, 0.5) is 4.79 Å². The molecule has 0 spiro atoms. The standard InChI is InChI=1S/C28H32N2O5/c31-25(30-16-7-1-2-13-24(30)26(32)33)17-28(14-8-15-28)29-27(34)35-18-23-21-11-5-3-9-19(21)20-10-4-6-12-22(20)23/h3-6,9-12,23-24H,1-2,7-8,13-18H2,(H,29,34)(H,32,33). The van der Waals surface area contributed by atoms with Crippen molar-refractivity contribution in [3.05, 3.63) is 59.7 Å². The Morgan fingerprint density at radius 3 is 2.20 bits per heavy atom. The Morgan fingerprint density at radius 1 is 0.943 bits per heavy atom. The van der Waals surface area contributed by atoms with E-state index in [4.69, 9.17) is 4.74 Å². The number of carbonyl (C=O) groups is 3. The number of nitrogens with one attached hydrogen (secondary N) is 1. The highest BCUT2D eigenvalue weighted by molar-refractivity contribution is 5.85. The fourth-order valence-electron chi connectivity index (χ4n) is 5.86. The van der Waals surface area contributed by atoms with Crippen molar-refractivity contribution in [2.75, 3.05) is 13.2 Å². The molecule has 5 rings (SSSR count). The molecule has 0 radical (unpaired) electrons. The van der Waals surface area contributed by atoms with Crippen molar-refractivity contribution in [2.45, 2.75) is 68.9 Å². The van der Waals surface area contributed by atoms with Crippen LogP contribution in [-0.4, -0.2) is 52.7 Å². The number of ether oxygens (including phenoxy) is 1. The van der Waals surface area contributed by atoms with Crippen LogP contribution in [-0.2, 0) is 14.3 Å². The zero-order valence-corrected chi connectivity index (χ0v) is 19.9. The molecule has 1 aliphatic heterocycles. The van der Waals surface area contributed by atoms with Crippen LogP contribution in [0.15, 0.2) is 48.5 Å². The van der Waals surface area contributed by atoms with Crippen molar-refractivity contribution in [1.82, 2.24) is 10.2 Å². The summed E-state index contributed by atoms with van der Waals surface area (Å²) in [5, 5.41) is 12.6. The van der Waals surface area contributed by atoms with Gasteiger partial charge in [-0.3, -0.25) is 4.79 Å². The number of carboxylic acids is 1. The van der Waals surface area contributed by atoms with Gasteiger partial charge in [0.15, 0.2) is 0 Å². The smallest absolute Gasteiger partial charge is 0.407 e. The van der Waals surface area contributed by atoms with E-state index >= 15 is 0 Å². The third-order valence-electron chi connectivity index (χ3n) is 7.87. The molecule has 0 bridgehead atoms. The first-order chi connectivity index (χ1) is 17.0. The minimum absolute atomic E-state index is 0.0273. The quantitative estimate of drug-likeness (QED) is 0.630. The second-order valence-corrected chi connectivity index (χ2v) is 10.1. The van der Waals surface area contributed by atoms with Gasteiger partial charge in [-0.1, -0.05) is 61.4 Å². The van der Waals surface area contributed by atoms with Crippen molar-refractivity contribution < 1.29 is 24.2 Å². The molecule has 1 saturated carbocycles. The van der Waals surface area contributed by atoms with Crippen LogP contribution >= 0.6 is 0 Å². The van der Waals surface area contributed by atoms with Crippen LogP contribution in [0.5, 0.6) is 0 Å². The van der Waals surface area contributed by atoms with Crippen molar-refractivity contribution in [1.29, 1.82) is 0 Å². The van der Waals surface area contributed by atoms with Gasteiger partial charge in [0.1, 0.15) is 12.6 Å². The average molecular weight is 477 g/mol. The van der Waals surface area contributed by atoms with Gasteiger partial charge in [-0.2, -0.15) is 0 Å². The molecule has 1 atom stereocenters. The van der Waals surface area contributed by atoms with Gasteiger partial charge in [0, 0.05) is 12.5 Å². The number of nitrogens with zero attached hydrogens (tertiary/aromatic N) is 1. The topological polar surface area (TPSA) is 95.9 Å². The van der Waals surface area contributed by atoms with Crippen LogP contribution in [0, 0.1) is 0 Å². The monoisotopic (exact) mass is 476 g/mol. The molecule has 2 N–H and O–H groups in total. The molecule has 2 aliphatic carbocycles. The summed E-state index contributed by atoms with van der Waals surface area (Å²) in [6, 6.07) is 15.6. The van der Waals surface area contributed by atoms with E-state index < -0.39 is 23.6 Å². The van der Waals surface area contributed by atoms with Crippen molar-refractivity contribution in [3.63, 3.8) is 0 Å². The van der Waals surface area contributed by atoms with E-state index in [0.29, 0.717) is 25.8 Å². The number of benzene rings is 2. The van der Waals surface area contributed by atoms with E-state index in [1.165, 1.54) is 16.0 Å². The van der Waals surface area contributed by atoms with Gasteiger partial charge in [0.2, 0.25) is 5.91 Å². The highest BCUT2D eigenvalue weighted by Gasteiger charge is 2.43. The normalized spacial score (nSPS) is 20.7. The van der Waals surface area contributed by atoms with Crippen molar-refractivity contribution in [3.8, 4) is 11.1 Å². The summed E-state index contributed by atoms with van der Waals surface area (Å²) in [5.74, 6) is -1.18. The minimum Gasteiger partial charge on any atom is -0.480 e. The number of likely N-dealkylation sites (tertiary alicyclic amines) is 1. The molecular formula is C28H32N2O5. The number of aliphatic carboxylic acids is 1. The Bertz CT molecular complexity index is 1080. The highest BCUT2D eigenvalue weighted by atomic mass is 16.5. The summed E-state index contributed by atoms with van der Waals surface area (Å²) >= 11 is 0. The molecule has 2 aromatic rings. The molecule has 1 unspecified atom stereocenters. The lowest BCUT2D eigenvalue weighted by molar-refractivity contribution is -0.151. The summed E-state index contributed by atoms with van der Waals surface area (Å²) in [6.45, 7) is 0.675. The summed E-state index contributed by atoms with van der Waals surface area (Å²) in [7, 11) is 0. The maximum Gasteiger partial charge on any atom is 0.407 e. The lowest BCUT2D eigenvalue weighted by Crippen LogP contribution is -2.57. The Morgan fingerprint density at radius 2 is 1.60 bits per heavy atom. The van der Waals surface area contributed by atoms with E-state index in [-0.39, 0.29) is 24.9 Å². The minimum atomic E-state index is -0.951. The molecule has 2 fully saturated rings. The fraction of sp³-hybridized carbons (Fsp3) is 0.464. The Hall–Kier alpha value is -3.35. The number of carboxylic acid groups (broad SMARTS) is 1. The second kappa shape index (κ2) is 9.72. The largest absolute Gasteiger partial charge is 0.480 e. The Balaban J connectivity index is 1.23. The Kier molecular flexibility index (Phi) is 6.50. The number of alkyl carbamates (subject to hydrolysis) is 1. The van der Waals surface area contributed by atoms with Crippen molar-refractivity contribution in [2.24, 2.45) is 0 Å². The van der Waals surface area contributed by atoms with E-state index in [9.17, 15) is 19.5 Å². The molecule has 7 nitrogen and oxygen atoms in total.